The van der Waals surface area contributed by atoms with Gasteiger partial charge in [0.2, 0.25) is 0 Å². The zero-order valence-electron chi connectivity index (χ0n) is 9.90. The molecule has 2 nitrogen and oxygen atoms in total. The van der Waals surface area contributed by atoms with E-state index in [1.807, 2.05) is 20.8 Å². The summed E-state index contributed by atoms with van der Waals surface area (Å²) in [4.78, 5) is 0. The number of hydrogen-bond acceptors (Lipinski definition) is 3. The summed E-state index contributed by atoms with van der Waals surface area (Å²) in [5.74, 6) is -0.0221. The van der Waals surface area contributed by atoms with Crippen molar-refractivity contribution >= 4 is 11.8 Å². The fourth-order valence-corrected chi connectivity index (χ4v) is 1.76. The average molecular weight is 259 g/mol. The molecule has 0 radical (unpaired) electrons. The van der Waals surface area contributed by atoms with Gasteiger partial charge in [-0.3, -0.25) is 0 Å². The maximum atomic E-state index is 11.7. The third-order valence-corrected chi connectivity index (χ3v) is 2.51. The van der Waals surface area contributed by atoms with Crippen molar-refractivity contribution in [3.8, 4) is 0 Å². The molecule has 0 aromatic rings. The molecule has 6 heteroatoms. The minimum Gasteiger partial charge on any atom is -0.392 e. The van der Waals surface area contributed by atoms with Crippen LogP contribution in [0.5, 0.6) is 0 Å². The third kappa shape index (κ3) is 12.1. The van der Waals surface area contributed by atoms with E-state index in [1.54, 1.807) is 0 Å². The lowest BCUT2D eigenvalue weighted by molar-refractivity contribution is -0.0327. The number of thioether (sulfide) groups is 1. The van der Waals surface area contributed by atoms with Gasteiger partial charge < -0.3 is 10.4 Å². The summed E-state index contributed by atoms with van der Waals surface area (Å²) in [5, 5.41) is 12.4. The van der Waals surface area contributed by atoms with Crippen LogP contribution in [0.4, 0.5) is 13.2 Å². The van der Waals surface area contributed by atoms with E-state index in [0.717, 1.165) is 0 Å². The minimum absolute atomic E-state index is 0.0221. The molecule has 0 amide bonds. The van der Waals surface area contributed by atoms with Gasteiger partial charge in [-0.1, -0.05) is 20.8 Å². The van der Waals surface area contributed by atoms with Gasteiger partial charge in [0.15, 0.2) is 0 Å². The molecule has 0 aliphatic carbocycles. The van der Waals surface area contributed by atoms with Gasteiger partial charge >= 0.3 is 5.51 Å². The standard InChI is InChI=1S/C10H20F3NOS/c1-9(2,3)6-8(15)7-14-4-5-16-10(11,12)13/h8,14-15H,4-7H2,1-3H3. The fraction of sp³-hybridized carbons (Fsp3) is 1.00. The van der Waals surface area contributed by atoms with E-state index in [2.05, 4.69) is 5.32 Å². The highest BCUT2D eigenvalue weighted by Gasteiger charge is 2.27. The molecular formula is C10H20F3NOS. The molecule has 0 aliphatic rings. The van der Waals surface area contributed by atoms with Gasteiger partial charge in [-0.25, -0.2) is 0 Å². The molecule has 0 rings (SSSR count). The van der Waals surface area contributed by atoms with Crippen LogP contribution < -0.4 is 5.32 Å². The average Bonchev–Trinajstić information content (AvgIpc) is 1.97. The van der Waals surface area contributed by atoms with Gasteiger partial charge in [0.05, 0.1) is 6.10 Å². The first-order valence-electron chi connectivity index (χ1n) is 5.20. The summed E-state index contributed by atoms with van der Waals surface area (Å²) in [6, 6.07) is 0. The second-order valence-corrected chi connectivity index (χ2v) is 6.08. The topological polar surface area (TPSA) is 32.3 Å². The molecule has 16 heavy (non-hydrogen) atoms. The van der Waals surface area contributed by atoms with E-state index in [1.165, 1.54) is 0 Å². The molecule has 0 spiro atoms. The predicted octanol–water partition coefficient (Wildman–Crippen LogP) is 2.63. The third-order valence-electron chi connectivity index (χ3n) is 1.77. The molecular weight excluding hydrogens is 239 g/mol. The van der Waals surface area contributed by atoms with Gasteiger partial charge in [0.1, 0.15) is 0 Å². The first-order chi connectivity index (χ1) is 7.10. The maximum Gasteiger partial charge on any atom is 0.441 e. The van der Waals surface area contributed by atoms with Gasteiger partial charge in [-0.2, -0.15) is 13.2 Å². The van der Waals surface area contributed by atoms with Crippen LogP contribution in [-0.4, -0.2) is 35.6 Å². The number of aliphatic hydroxyl groups excluding tert-OH is 1. The van der Waals surface area contributed by atoms with E-state index in [4.69, 9.17) is 0 Å². The monoisotopic (exact) mass is 259 g/mol. The first-order valence-corrected chi connectivity index (χ1v) is 6.18. The van der Waals surface area contributed by atoms with Crippen molar-refractivity contribution in [1.29, 1.82) is 0 Å². The van der Waals surface area contributed by atoms with Crippen molar-refractivity contribution < 1.29 is 18.3 Å². The van der Waals surface area contributed by atoms with Crippen LogP contribution >= 0.6 is 11.8 Å². The Morgan fingerprint density at radius 3 is 2.25 bits per heavy atom. The maximum absolute atomic E-state index is 11.7. The largest absolute Gasteiger partial charge is 0.441 e. The van der Waals surface area contributed by atoms with Gasteiger partial charge in [0.25, 0.3) is 0 Å². The van der Waals surface area contributed by atoms with E-state index in [0.29, 0.717) is 13.0 Å². The Balaban J connectivity index is 3.45. The Labute approximate surface area is 99.0 Å². The highest BCUT2D eigenvalue weighted by atomic mass is 32.2. The van der Waals surface area contributed by atoms with Crippen LogP contribution in [0, 0.1) is 5.41 Å². The number of aliphatic hydroxyl groups is 1. The highest BCUT2D eigenvalue weighted by Crippen LogP contribution is 2.29. The molecule has 1 atom stereocenters. The summed E-state index contributed by atoms with van der Waals surface area (Å²) >= 11 is -0.0458. The van der Waals surface area contributed by atoms with Crippen molar-refractivity contribution in [2.45, 2.75) is 38.8 Å². The SMILES string of the molecule is CC(C)(C)CC(O)CNCCSC(F)(F)F. The minimum atomic E-state index is -4.16. The summed E-state index contributed by atoms with van der Waals surface area (Å²) in [6.45, 7) is 6.63. The van der Waals surface area contributed by atoms with Crippen molar-refractivity contribution in [3.63, 3.8) is 0 Å². The lowest BCUT2D eigenvalue weighted by Gasteiger charge is -2.22. The first kappa shape index (κ1) is 16.1. The van der Waals surface area contributed by atoms with Crippen LogP contribution in [0.2, 0.25) is 0 Å². The second-order valence-electron chi connectivity index (χ2n) is 4.92. The van der Waals surface area contributed by atoms with Gasteiger partial charge in [0, 0.05) is 18.8 Å². The zero-order chi connectivity index (χ0) is 12.8. The van der Waals surface area contributed by atoms with Crippen LogP contribution in [0.3, 0.4) is 0 Å². The summed E-state index contributed by atoms with van der Waals surface area (Å²) in [5.41, 5.74) is -4.13. The number of nitrogens with one attached hydrogen (secondary N) is 1. The predicted molar refractivity (Wildman–Crippen MR) is 61.5 cm³/mol. The molecule has 1 unspecified atom stereocenters. The summed E-state index contributed by atoms with van der Waals surface area (Å²) in [7, 11) is 0. The normalized spacial score (nSPS) is 15.2. The molecule has 0 bridgehead atoms. The Morgan fingerprint density at radius 1 is 1.25 bits per heavy atom. The van der Waals surface area contributed by atoms with Gasteiger partial charge in [-0.15, -0.1) is 0 Å². The van der Waals surface area contributed by atoms with Crippen LogP contribution in [0.1, 0.15) is 27.2 Å². The van der Waals surface area contributed by atoms with Crippen molar-refractivity contribution in [1.82, 2.24) is 5.32 Å². The van der Waals surface area contributed by atoms with E-state index < -0.39 is 11.6 Å². The molecule has 0 heterocycles. The second kappa shape index (κ2) is 6.71. The summed E-state index contributed by atoms with van der Waals surface area (Å²) < 4.78 is 35.2. The molecule has 0 fully saturated rings. The van der Waals surface area contributed by atoms with E-state index in [-0.39, 0.29) is 29.5 Å². The van der Waals surface area contributed by atoms with Gasteiger partial charge in [-0.05, 0) is 23.6 Å². The van der Waals surface area contributed by atoms with Crippen molar-refractivity contribution in [2.75, 3.05) is 18.8 Å². The van der Waals surface area contributed by atoms with E-state index >= 15 is 0 Å². The number of halogens is 3. The molecule has 0 aromatic carbocycles. The Morgan fingerprint density at radius 2 is 1.81 bits per heavy atom. The number of rotatable bonds is 6. The number of alkyl halides is 3. The van der Waals surface area contributed by atoms with Crippen molar-refractivity contribution in [3.05, 3.63) is 0 Å². The Kier molecular flexibility index (Phi) is 6.74. The Hall–Kier alpha value is 0.0600. The molecule has 0 saturated carbocycles. The van der Waals surface area contributed by atoms with E-state index in [9.17, 15) is 18.3 Å². The van der Waals surface area contributed by atoms with Crippen LogP contribution in [-0.2, 0) is 0 Å². The molecule has 0 aromatic heterocycles. The van der Waals surface area contributed by atoms with Crippen molar-refractivity contribution in [2.24, 2.45) is 5.41 Å². The molecule has 0 saturated heterocycles. The smallest absolute Gasteiger partial charge is 0.392 e. The highest BCUT2D eigenvalue weighted by molar-refractivity contribution is 8.00. The lowest BCUT2D eigenvalue weighted by atomic mass is 9.89. The number of hydrogen-bond donors (Lipinski definition) is 2. The fourth-order valence-electron chi connectivity index (χ4n) is 1.29. The Bertz CT molecular complexity index is 191. The molecule has 0 aliphatic heterocycles. The summed E-state index contributed by atoms with van der Waals surface area (Å²) in [6.07, 6.45) is 0.128. The zero-order valence-corrected chi connectivity index (χ0v) is 10.7. The van der Waals surface area contributed by atoms with Crippen LogP contribution in [0.15, 0.2) is 0 Å². The molecule has 2 N–H and O–H groups in total. The van der Waals surface area contributed by atoms with Crippen LogP contribution in [0.25, 0.3) is 0 Å². The quantitative estimate of drug-likeness (QED) is 0.719. The molecule has 98 valence electrons. The lowest BCUT2D eigenvalue weighted by Crippen LogP contribution is -2.31.